The number of rotatable bonds is 8. The first kappa shape index (κ1) is 27.5. The normalized spacial score (nSPS) is 18.0. The Morgan fingerprint density at radius 1 is 1.06 bits per heavy atom. The quantitative estimate of drug-likeness (QED) is 0.293. The molecule has 1 amide bonds. The molecule has 0 aromatic heterocycles. The summed E-state index contributed by atoms with van der Waals surface area (Å²) in [4.78, 5) is 24.2. The minimum absolute atomic E-state index is 0. The summed E-state index contributed by atoms with van der Waals surface area (Å²) in [5.41, 5.74) is 1.08. The molecule has 3 rings (SSSR count). The van der Waals surface area contributed by atoms with E-state index in [0.29, 0.717) is 13.2 Å². The van der Waals surface area contributed by atoms with Crippen molar-refractivity contribution in [3.05, 3.63) is 23.8 Å². The van der Waals surface area contributed by atoms with E-state index in [0.717, 1.165) is 81.7 Å². The van der Waals surface area contributed by atoms with Crippen LogP contribution in [0.2, 0.25) is 0 Å². The van der Waals surface area contributed by atoms with Gasteiger partial charge in [0.15, 0.2) is 17.5 Å². The van der Waals surface area contributed by atoms with Gasteiger partial charge in [-0.1, -0.05) is 6.07 Å². The minimum Gasteiger partial charge on any atom is -0.493 e. The van der Waals surface area contributed by atoms with E-state index in [1.165, 1.54) is 0 Å². The summed E-state index contributed by atoms with van der Waals surface area (Å²) in [6.45, 7) is 13.3. The van der Waals surface area contributed by atoms with Crippen LogP contribution in [0.1, 0.15) is 39.2 Å². The Balaban J connectivity index is 0.00000385. The SMILES string of the molecule is CCNC(=NCc1ccc(OC)c(OCC)c1)N1CCN(C(C)C(=O)N2CCCC2)CC1.I. The predicted molar refractivity (Wildman–Crippen MR) is 143 cm³/mol. The molecule has 2 fully saturated rings. The molecule has 8 nitrogen and oxygen atoms in total. The van der Waals surface area contributed by atoms with E-state index in [1.807, 2.05) is 30.0 Å². The van der Waals surface area contributed by atoms with Gasteiger partial charge in [-0.25, -0.2) is 4.99 Å². The zero-order valence-electron chi connectivity index (χ0n) is 20.5. The fourth-order valence-corrected chi connectivity index (χ4v) is 4.36. The lowest BCUT2D eigenvalue weighted by atomic mass is 10.2. The zero-order chi connectivity index (χ0) is 22.9. The number of carbonyl (C=O) groups is 1. The van der Waals surface area contributed by atoms with Gasteiger partial charge in [0, 0.05) is 45.8 Å². The fourth-order valence-electron chi connectivity index (χ4n) is 4.36. The van der Waals surface area contributed by atoms with Gasteiger partial charge in [0.05, 0.1) is 26.3 Å². The number of carbonyl (C=O) groups excluding carboxylic acids is 1. The highest BCUT2D eigenvalue weighted by atomic mass is 127. The van der Waals surface area contributed by atoms with E-state index in [2.05, 4.69) is 29.0 Å². The number of ether oxygens (including phenoxy) is 2. The van der Waals surface area contributed by atoms with Crippen LogP contribution in [0.4, 0.5) is 0 Å². The van der Waals surface area contributed by atoms with Gasteiger partial charge < -0.3 is 24.6 Å². The van der Waals surface area contributed by atoms with Gasteiger partial charge in [0.25, 0.3) is 0 Å². The van der Waals surface area contributed by atoms with Crippen LogP contribution in [0.25, 0.3) is 0 Å². The number of halogens is 1. The maximum atomic E-state index is 12.8. The minimum atomic E-state index is -0.0499. The van der Waals surface area contributed by atoms with E-state index in [4.69, 9.17) is 14.5 Å². The van der Waals surface area contributed by atoms with Gasteiger partial charge in [-0.2, -0.15) is 0 Å². The maximum absolute atomic E-state index is 12.8. The van der Waals surface area contributed by atoms with E-state index < -0.39 is 0 Å². The third-order valence-electron chi connectivity index (χ3n) is 6.21. The number of aliphatic imine (C=N–C) groups is 1. The highest BCUT2D eigenvalue weighted by Gasteiger charge is 2.30. The second kappa shape index (κ2) is 13.8. The Hall–Kier alpha value is -1.75. The lowest BCUT2D eigenvalue weighted by Crippen LogP contribution is -2.57. The number of nitrogens with zero attached hydrogens (tertiary/aromatic N) is 4. The zero-order valence-corrected chi connectivity index (χ0v) is 22.8. The molecule has 0 spiro atoms. The van der Waals surface area contributed by atoms with Crippen molar-refractivity contribution in [2.75, 3.05) is 59.5 Å². The number of piperazine rings is 1. The van der Waals surface area contributed by atoms with Crippen LogP contribution in [0.15, 0.2) is 23.2 Å². The summed E-state index contributed by atoms with van der Waals surface area (Å²) in [5.74, 6) is 2.68. The number of hydrogen-bond donors (Lipinski definition) is 1. The lowest BCUT2D eigenvalue weighted by molar-refractivity contribution is -0.135. The van der Waals surface area contributed by atoms with Crippen LogP contribution < -0.4 is 14.8 Å². The second-order valence-corrected chi connectivity index (χ2v) is 8.32. The molecule has 9 heteroatoms. The molecule has 0 saturated carbocycles. The standard InChI is InChI=1S/C24H39N5O3.HI/c1-5-25-24(26-18-20-9-10-21(31-4)22(17-20)32-6-2)29-15-13-27(14-16-29)19(3)23(30)28-11-7-8-12-28;/h9-10,17,19H,5-8,11-16,18H2,1-4H3,(H,25,26);1H. The average molecular weight is 574 g/mol. The number of hydrogen-bond acceptors (Lipinski definition) is 5. The van der Waals surface area contributed by atoms with Gasteiger partial charge in [-0.05, 0) is 51.3 Å². The predicted octanol–water partition coefficient (Wildman–Crippen LogP) is 2.81. The third-order valence-corrected chi connectivity index (χ3v) is 6.21. The summed E-state index contributed by atoms with van der Waals surface area (Å²) in [6, 6.07) is 5.91. The number of amides is 1. The van der Waals surface area contributed by atoms with E-state index in [1.54, 1.807) is 7.11 Å². The molecule has 1 unspecified atom stereocenters. The van der Waals surface area contributed by atoms with Crippen LogP contribution in [0.5, 0.6) is 11.5 Å². The van der Waals surface area contributed by atoms with Crippen molar-refractivity contribution in [1.29, 1.82) is 0 Å². The topological polar surface area (TPSA) is 69.6 Å². The van der Waals surface area contributed by atoms with Gasteiger partial charge in [0.2, 0.25) is 5.91 Å². The van der Waals surface area contributed by atoms with Crippen molar-refractivity contribution in [3.63, 3.8) is 0 Å². The largest absolute Gasteiger partial charge is 0.493 e. The number of methoxy groups -OCH3 is 1. The first-order valence-electron chi connectivity index (χ1n) is 11.9. The molecule has 0 bridgehead atoms. The maximum Gasteiger partial charge on any atom is 0.239 e. The summed E-state index contributed by atoms with van der Waals surface area (Å²) in [7, 11) is 1.65. The lowest BCUT2D eigenvalue weighted by Gasteiger charge is -2.39. The molecule has 2 aliphatic heterocycles. The molecule has 186 valence electrons. The molecular formula is C24H40IN5O3. The number of guanidine groups is 1. The van der Waals surface area contributed by atoms with Gasteiger partial charge in [-0.15, -0.1) is 24.0 Å². The van der Waals surface area contributed by atoms with Crippen LogP contribution in [0, 0.1) is 0 Å². The number of benzene rings is 1. The van der Waals surface area contributed by atoms with Crippen LogP contribution in [-0.4, -0.2) is 92.1 Å². The molecule has 0 radical (unpaired) electrons. The Labute approximate surface area is 215 Å². The van der Waals surface area contributed by atoms with Crippen molar-refractivity contribution >= 4 is 35.8 Å². The van der Waals surface area contributed by atoms with E-state index >= 15 is 0 Å². The summed E-state index contributed by atoms with van der Waals surface area (Å²) < 4.78 is 11.1. The number of nitrogens with one attached hydrogen (secondary N) is 1. The molecule has 33 heavy (non-hydrogen) atoms. The molecule has 0 aliphatic carbocycles. The van der Waals surface area contributed by atoms with E-state index in [-0.39, 0.29) is 35.9 Å². The molecule has 2 aliphatic rings. The monoisotopic (exact) mass is 573 g/mol. The smallest absolute Gasteiger partial charge is 0.239 e. The van der Waals surface area contributed by atoms with Crippen molar-refractivity contribution in [1.82, 2.24) is 20.0 Å². The Kier molecular flexibility index (Phi) is 11.5. The van der Waals surface area contributed by atoms with Crippen molar-refractivity contribution in [3.8, 4) is 11.5 Å². The summed E-state index contributed by atoms with van der Waals surface area (Å²) >= 11 is 0. The first-order chi connectivity index (χ1) is 15.6. The summed E-state index contributed by atoms with van der Waals surface area (Å²) in [5, 5.41) is 3.42. The Bertz CT molecular complexity index is 777. The van der Waals surface area contributed by atoms with Crippen LogP contribution in [-0.2, 0) is 11.3 Å². The molecule has 1 aromatic carbocycles. The van der Waals surface area contributed by atoms with Gasteiger partial charge >= 0.3 is 0 Å². The van der Waals surface area contributed by atoms with Gasteiger partial charge in [-0.3, -0.25) is 9.69 Å². The Morgan fingerprint density at radius 2 is 1.76 bits per heavy atom. The Morgan fingerprint density at radius 3 is 2.36 bits per heavy atom. The highest BCUT2D eigenvalue weighted by molar-refractivity contribution is 14.0. The second-order valence-electron chi connectivity index (χ2n) is 8.32. The van der Waals surface area contributed by atoms with Crippen LogP contribution >= 0.6 is 24.0 Å². The third kappa shape index (κ3) is 7.37. The molecule has 2 saturated heterocycles. The number of likely N-dealkylation sites (tertiary alicyclic amines) is 1. The molecule has 1 N–H and O–H groups in total. The average Bonchev–Trinajstić information content (AvgIpc) is 3.36. The molecule has 1 aromatic rings. The van der Waals surface area contributed by atoms with E-state index in [9.17, 15) is 4.79 Å². The molecular weight excluding hydrogens is 533 g/mol. The highest BCUT2D eigenvalue weighted by Crippen LogP contribution is 2.28. The fraction of sp³-hybridized carbons (Fsp3) is 0.667. The van der Waals surface area contributed by atoms with Crippen molar-refractivity contribution in [2.24, 2.45) is 4.99 Å². The summed E-state index contributed by atoms with van der Waals surface area (Å²) in [6.07, 6.45) is 2.27. The molecule has 2 heterocycles. The van der Waals surface area contributed by atoms with Crippen molar-refractivity contribution in [2.45, 2.75) is 46.2 Å². The molecule has 1 atom stereocenters. The van der Waals surface area contributed by atoms with Crippen molar-refractivity contribution < 1.29 is 14.3 Å². The van der Waals surface area contributed by atoms with Gasteiger partial charge in [0.1, 0.15) is 0 Å². The first-order valence-corrected chi connectivity index (χ1v) is 11.9. The van der Waals surface area contributed by atoms with Crippen LogP contribution in [0.3, 0.4) is 0 Å².